The molecule has 2 aliphatic carbocycles. The Morgan fingerprint density at radius 3 is 2.51 bits per heavy atom. The van der Waals surface area contributed by atoms with Crippen molar-refractivity contribution in [3.63, 3.8) is 0 Å². The summed E-state index contributed by atoms with van der Waals surface area (Å²) in [5.41, 5.74) is 6.96. The Kier molecular flexibility index (Phi) is 11.3. The number of aliphatic hydroxyl groups is 5. The van der Waals surface area contributed by atoms with Gasteiger partial charge in [0.25, 0.3) is 5.91 Å². The molecule has 1 heterocycles. The van der Waals surface area contributed by atoms with Crippen molar-refractivity contribution in [2.24, 2.45) is 0 Å². The minimum absolute atomic E-state index is 0.147. The fraction of sp³-hybridized carbons (Fsp3) is 0.514. The molecule has 0 spiro atoms. The van der Waals surface area contributed by atoms with Crippen LogP contribution in [0.2, 0.25) is 0 Å². The molecule has 10 heteroatoms. The molecular weight excluding hydrogens is 598 g/mol. The van der Waals surface area contributed by atoms with E-state index in [1.807, 2.05) is 18.5 Å². The zero-order valence-corrected chi connectivity index (χ0v) is 27.5. The van der Waals surface area contributed by atoms with Gasteiger partial charge in [-0.2, -0.15) is 0 Å². The van der Waals surface area contributed by atoms with Crippen molar-refractivity contribution in [1.82, 2.24) is 15.2 Å². The number of nitrogens with zero attached hydrogens (tertiary/aromatic N) is 2. The summed E-state index contributed by atoms with van der Waals surface area (Å²) in [6.07, 6.45) is 2.57. The van der Waals surface area contributed by atoms with E-state index < -0.39 is 36.9 Å². The predicted molar refractivity (Wildman–Crippen MR) is 179 cm³/mol. The number of aliphatic hydroxyl groups excluding tert-OH is 5. The number of aryl methyl sites for hydroxylation is 1. The van der Waals surface area contributed by atoms with Gasteiger partial charge in [-0.3, -0.25) is 9.78 Å². The minimum Gasteiger partial charge on any atom is -0.490 e. The molecule has 2 aliphatic rings. The number of pyridine rings is 1. The van der Waals surface area contributed by atoms with Gasteiger partial charge in [0.05, 0.1) is 12.7 Å². The van der Waals surface area contributed by atoms with Crippen molar-refractivity contribution in [2.75, 3.05) is 20.2 Å². The Labute approximate surface area is 277 Å². The molecule has 0 bridgehead atoms. The molecule has 3 aromatic rings. The number of benzene rings is 2. The highest BCUT2D eigenvalue weighted by Gasteiger charge is 2.46. The van der Waals surface area contributed by atoms with Crippen LogP contribution in [0.15, 0.2) is 60.9 Å². The second-order valence-electron chi connectivity index (χ2n) is 13.3. The van der Waals surface area contributed by atoms with Crippen LogP contribution in [0, 0.1) is 6.92 Å². The molecule has 6 N–H and O–H groups in total. The predicted octanol–water partition coefficient (Wildman–Crippen LogP) is 3.16. The number of rotatable bonds is 17. The lowest BCUT2D eigenvalue weighted by Gasteiger charge is -2.28. The average Bonchev–Trinajstić information content (AvgIpc) is 4.04. The van der Waals surface area contributed by atoms with E-state index >= 15 is 0 Å². The van der Waals surface area contributed by atoms with Gasteiger partial charge in [0, 0.05) is 43.6 Å². The number of aromatic nitrogens is 1. The highest BCUT2D eigenvalue weighted by atomic mass is 16.5. The molecule has 0 radical (unpaired) electrons. The molecule has 2 fully saturated rings. The molecule has 0 aliphatic heterocycles. The molecule has 0 saturated heterocycles. The molecule has 10 nitrogen and oxygen atoms in total. The summed E-state index contributed by atoms with van der Waals surface area (Å²) >= 11 is 0. The number of nitrogens with one attached hydrogen (secondary N) is 1. The molecule has 1 amide bonds. The lowest BCUT2D eigenvalue weighted by Crippen LogP contribution is -2.52. The van der Waals surface area contributed by atoms with Gasteiger partial charge in [0.1, 0.15) is 24.1 Å². The fourth-order valence-corrected chi connectivity index (χ4v) is 6.09. The van der Waals surface area contributed by atoms with Gasteiger partial charge in [-0.15, -0.1) is 0 Å². The molecule has 2 saturated carbocycles. The third-order valence-electron chi connectivity index (χ3n) is 9.66. The quantitative estimate of drug-likeness (QED) is 0.130. The van der Waals surface area contributed by atoms with E-state index in [9.17, 15) is 25.2 Å². The first-order valence-corrected chi connectivity index (χ1v) is 16.7. The van der Waals surface area contributed by atoms with Crippen LogP contribution in [0.4, 0.5) is 0 Å². The van der Waals surface area contributed by atoms with Crippen molar-refractivity contribution in [2.45, 2.75) is 101 Å². The van der Waals surface area contributed by atoms with E-state index in [0.29, 0.717) is 19.1 Å². The summed E-state index contributed by atoms with van der Waals surface area (Å²) in [6.45, 7) is 4.54. The SMILES string of the molecule is Cc1ccc(C(C)CCCN(C)C(=O)C(O)C(O)C(O)C(O)CO)cc1CNC1(c2cnccc2-c2ccccc2OC2CC2)CC1. The van der Waals surface area contributed by atoms with Gasteiger partial charge in [-0.1, -0.05) is 43.3 Å². The topological polar surface area (TPSA) is 156 Å². The largest absolute Gasteiger partial charge is 0.490 e. The van der Waals surface area contributed by atoms with Crippen LogP contribution < -0.4 is 10.1 Å². The van der Waals surface area contributed by atoms with E-state index in [-0.39, 0.29) is 11.5 Å². The summed E-state index contributed by atoms with van der Waals surface area (Å²) in [4.78, 5) is 18.4. The number of amides is 1. The molecule has 5 atom stereocenters. The first-order chi connectivity index (χ1) is 22.5. The van der Waals surface area contributed by atoms with Crippen LogP contribution in [-0.2, 0) is 16.9 Å². The summed E-state index contributed by atoms with van der Waals surface area (Å²) in [6, 6.07) is 16.9. The van der Waals surface area contributed by atoms with E-state index in [4.69, 9.17) is 9.84 Å². The molecule has 5 unspecified atom stereocenters. The maximum atomic E-state index is 12.6. The Bertz CT molecular complexity index is 1510. The summed E-state index contributed by atoms with van der Waals surface area (Å²) in [7, 11) is 1.52. The zero-order chi connectivity index (χ0) is 33.7. The van der Waals surface area contributed by atoms with Crippen molar-refractivity contribution in [3.8, 4) is 16.9 Å². The molecule has 47 heavy (non-hydrogen) atoms. The van der Waals surface area contributed by atoms with E-state index in [1.165, 1.54) is 34.2 Å². The van der Waals surface area contributed by atoms with Crippen LogP contribution in [-0.4, -0.2) is 92.0 Å². The standard InChI is InChI=1S/C37H49N3O7/c1-23(7-6-18-40(3)36(46)35(45)34(44)33(43)31(42)22-41)25-11-10-24(2)26(19-25)20-39-37(15-16-37)30-21-38-17-14-28(30)29-8-4-5-9-32(29)47-27-12-13-27/h4-5,8-11,14,17,19,21,23,27,31,33-35,39,41-45H,6-7,12-13,15-16,18,20,22H2,1-3H3. The molecule has 5 rings (SSSR count). The van der Waals surface area contributed by atoms with Crippen molar-refractivity contribution < 1.29 is 35.1 Å². The molecule has 1 aromatic heterocycles. The van der Waals surface area contributed by atoms with Gasteiger partial charge in [0.15, 0.2) is 6.10 Å². The van der Waals surface area contributed by atoms with Gasteiger partial charge >= 0.3 is 0 Å². The number of para-hydroxylation sites is 1. The average molecular weight is 648 g/mol. The summed E-state index contributed by atoms with van der Waals surface area (Å²) < 4.78 is 6.27. The Morgan fingerprint density at radius 2 is 1.81 bits per heavy atom. The summed E-state index contributed by atoms with van der Waals surface area (Å²) in [5, 5.41) is 52.5. The van der Waals surface area contributed by atoms with E-state index in [1.54, 1.807) is 0 Å². The van der Waals surface area contributed by atoms with Crippen LogP contribution in [0.5, 0.6) is 5.75 Å². The smallest absolute Gasteiger partial charge is 0.253 e. The molecule has 254 valence electrons. The normalized spacial score (nSPS) is 18.6. The Balaban J connectivity index is 1.19. The van der Waals surface area contributed by atoms with Crippen LogP contribution in [0.3, 0.4) is 0 Å². The molecule has 2 aromatic carbocycles. The lowest BCUT2D eigenvalue weighted by molar-refractivity contribution is -0.157. The van der Waals surface area contributed by atoms with Crippen molar-refractivity contribution in [3.05, 3.63) is 83.2 Å². The number of carbonyl (C=O) groups excluding carboxylic acids is 1. The number of hydrogen-bond acceptors (Lipinski definition) is 9. The monoisotopic (exact) mass is 647 g/mol. The maximum Gasteiger partial charge on any atom is 0.253 e. The second-order valence-corrected chi connectivity index (χ2v) is 13.3. The van der Waals surface area contributed by atoms with Crippen molar-refractivity contribution in [1.29, 1.82) is 0 Å². The highest BCUT2D eigenvalue weighted by Crippen LogP contribution is 2.50. The van der Waals surface area contributed by atoms with Crippen molar-refractivity contribution >= 4 is 5.91 Å². The Morgan fingerprint density at radius 1 is 1.06 bits per heavy atom. The number of hydrogen-bond donors (Lipinski definition) is 6. The van der Waals surface area contributed by atoms with Gasteiger partial charge < -0.3 is 40.5 Å². The van der Waals surface area contributed by atoms with Crippen LogP contribution in [0.1, 0.15) is 73.6 Å². The third-order valence-corrected chi connectivity index (χ3v) is 9.66. The minimum atomic E-state index is -1.91. The number of carbonyl (C=O) groups is 1. The zero-order valence-electron chi connectivity index (χ0n) is 27.5. The van der Waals surface area contributed by atoms with Gasteiger partial charge in [-0.25, -0.2) is 0 Å². The molecular formula is C37H49N3O7. The highest BCUT2D eigenvalue weighted by molar-refractivity contribution is 5.81. The first kappa shape index (κ1) is 34.9. The second kappa shape index (κ2) is 15.2. The van der Waals surface area contributed by atoms with E-state index in [2.05, 4.69) is 66.6 Å². The summed E-state index contributed by atoms with van der Waals surface area (Å²) in [5.74, 6) is 0.386. The number of ether oxygens (including phenoxy) is 1. The van der Waals surface area contributed by atoms with Gasteiger partial charge in [-0.05, 0) is 91.3 Å². The van der Waals surface area contributed by atoms with Crippen LogP contribution in [0.25, 0.3) is 11.1 Å². The maximum absolute atomic E-state index is 12.6. The third kappa shape index (κ3) is 8.38. The fourth-order valence-electron chi connectivity index (χ4n) is 6.09. The number of likely N-dealkylation sites (N-methyl/N-ethyl adjacent to an activating group) is 1. The van der Waals surface area contributed by atoms with Gasteiger partial charge in [0.2, 0.25) is 0 Å². The first-order valence-electron chi connectivity index (χ1n) is 16.7. The van der Waals surface area contributed by atoms with E-state index in [0.717, 1.165) is 55.5 Å². The Hall–Kier alpha value is -3.38. The lowest BCUT2D eigenvalue weighted by atomic mass is 9.92. The van der Waals surface area contributed by atoms with Crippen LogP contribution >= 0.6 is 0 Å².